The second-order valence-electron chi connectivity index (χ2n) is 8.72. The van der Waals surface area contributed by atoms with Crippen LogP contribution in [0.4, 0.5) is 17.3 Å². The topological polar surface area (TPSA) is 111 Å². The van der Waals surface area contributed by atoms with E-state index in [1.165, 1.54) is 20.3 Å². The molecule has 2 aliphatic heterocycles. The van der Waals surface area contributed by atoms with Crippen molar-refractivity contribution < 1.29 is 19.0 Å². The number of hydrogen-bond acceptors (Lipinski definition) is 9. The van der Waals surface area contributed by atoms with Crippen molar-refractivity contribution >= 4 is 46.4 Å². The maximum Gasteiger partial charge on any atom is 0.243 e. The summed E-state index contributed by atoms with van der Waals surface area (Å²) in [4.78, 5) is 27.9. The maximum absolute atomic E-state index is 11.9. The molecule has 0 unspecified atom stereocenters. The minimum absolute atomic E-state index is 0.151. The highest BCUT2D eigenvalue weighted by Gasteiger charge is 2.32. The summed E-state index contributed by atoms with van der Waals surface area (Å²) in [6.07, 6.45) is 5.36. The fourth-order valence-corrected chi connectivity index (χ4v) is 5.32. The molecule has 0 aliphatic carbocycles. The third kappa shape index (κ3) is 4.82. The first kappa shape index (κ1) is 26.0. The van der Waals surface area contributed by atoms with Gasteiger partial charge in [0.15, 0.2) is 0 Å². The molecule has 0 radical (unpaired) electrons. The van der Waals surface area contributed by atoms with E-state index in [0.717, 1.165) is 11.3 Å². The Morgan fingerprint density at radius 2 is 1.95 bits per heavy atom. The molecule has 0 spiro atoms. The van der Waals surface area contributed by atoms with Crippen LogP contribution in [-0.2, 0) is 16.1 Å². The number of pyridine rings is 1. The predicted octanol–water partition coefficient (Wildman–Crippen LogP) is 4.39. The number of halogens is 2. The summed E-state index contributed by atoms with van der Waals surface area (Å²) in [5.74, 6) is 1.03. The number of rotatable bonds is 7. The number of benzene rings is 1. The average Bonchev–Trinajstić information content (AvgIpc) is 2.94. The van der Waals surface area contributed by atoms with Crippen molar-refractivity contribution in [2.75, 3.05) is 37.7 Å². The number of ether oxygens (including phenoxy) is 3. The lowest BCUT2D eigenvalue weighted by Gasteiger charge is -2.34. The first-order chi connectivity index (χ1) is 18.4. The van der Waals surface area contributed by atoms with Crippen molar-refractivity contribution in [3.05, 3.63) is 58.9 Å². The summed E-state index contributed by atoms with van der Waals surface area (Å²) in [7, 11) is 3.07. The van der Waals surface area contributed by atoms with Gasteiger partial charge in [-0.25, -0.2) is 9.97 Å². The summed E-state index contributed by atoms with van der Waals surface area (Å²) in [6, 6.07) is 5.05. The van der Waals surface area contributed by atoms with Crippen molar-refractivity contribution in [1.29, 1.82) is 0 Å². The number of carbonyl (C=O) groups excluding carboxylic acids is 1. The van der Waals surface area contributed by atoms with Gasteiger partial charge in [-0.05, 0) is 24.6 Å². The molecular weight excluding hydrogens is 531 g/mol. The normalized spacial score (nSPS) is 18.2. The van der Waals surface area contributed by atoms with E-state index in [-0.39, 0.29) is 18.0 Å². The Balaban J connectivity index is 1.51. The number of aromatic nitrogens is 3. The lowest BCUT2D eigenvalue weighted by Crippen LogP contribution is -2.52. The zero-order valence-corrected chi connectivity index (χ0v) is 22.3. The summed E-state index contributed by atoms with van der Waals surface area (Å²) in [5.41, 5.74) is 3.45. The van der Waals surface area contributed by atoms with Gasteiger partial charge in [-0.3, -0.25) is 9.78 Å². The Morgan fingerprint density at radius 3 is 2.66 bits per heavy atom. The van der Waals surface area contributed by atoms with Crippen molar-refractivity contribution in [3.63, 3.8) is 0 Å². The minimum atomic E-state index is -0.236. The van der Waals surface area contributed by atoms with Gasteiger partial charge >= 0.3 is 0 Å². The Morgan fingerprint density at radius 1 is 1.18 bits per heavy atom. The predicted molar refractivity (Wildman–Crippen MR) is 146 cm³/mol. The van der Waals surface area contributed by atoms with Gasteiger partial charge in [0.2, 0.25) is 11.9 Å². The van der Waals surface area contributed by atoms with Crippen LogP contribution in [0.3, 0.4) is 0 Å². The van der Waals surface area contributed by atoms with Gasteiger partial charge in [0.25, 0.3) is 0 Å². The quantitative estimate of drug-likeness (QED) is 0.409. The molecule has 2 atom stereocenters. The number of anilines is 3. The fourth-order valence-electron chi connectivity index (χ4n) is 4.62. The molecule has 1 amide bonds. The van der Waals surface area contributed by atoms with E-state index in [2.05, 4.69) is 27.2 Å². The number of methoxy groups -OCH3 is 2. The number of nitrogens with zero attached hydrogens (tertiary/aromatic N) is 4. The van der Waals surface area contributed by atoms with Gasteiger partial charge in [0, 0.05) is 30.6 Å². The molecule has 1 saturated heterocycles. The molecule has 1 aromatic carbocycles. The van der Waals surface area contributed by atoms with Crippen LogP contribution in [0.5, 0.6) is 11.5 Å². The third-order valence-corrected chi connectivity index (χ3v) is 7.23. The highest BCUT2D eigenvalue weighted by molar-refractivity contribution is 6.41. The molecule has 0 saturated carbocycles. The summed E-state index contributed by atoms with van der Waals surface area (Å²) in [5, 5.41) is 6.97. The summed E-state index contributed by atoms with van der Waals surface area (Å²) >= 11 is 13.5. The Kier molecular flexibility index (Phi) is 7.55. The number of fused-ring (bicyclic) bond motifs is 3. The highest BCUT2D eigenvalue weighted by Crippen LogP contribution is 2.51. The van der Waals surface area contributed by atoms with Crippen molar-refractivity contribution in [2.24, 2.45) is 0 Å². The van der Waals surface area contributed by atoms with Crippen LogP contribution in [0.1, 0.15) is 12.0 Å². The molecular formula is C26H26Cl2N6O4. The monoisotopic (exact) mass is 556 g/mol. The molecule has 198 valence electrons. The van der Waals surface area contributed by atoms with Crippen LogP contribution in [-0.4, -0.2) is 60.4 Å². The van der Waals surface area contributed by atoms with E-state index < -0.39 is 0 Å². The Bertz CT molecular complexity index is 1360. The lowest BCUT2D eigenvalue weighted by molar-refractivity contribution is -0.117. The third-order valence-electron chi connectivity index (χ3n) is 6.50. The molecule has 2 N–H and O–H groups in total. The molecule has 3 aromatic rings. The second-order valence-corrected chi connectivity index (χ2v) is 9.47. The minimum Gasteiger partial charge on any atom is -0.495 e. The van der Waals surface area contributed by atoms with E-state index in [4.69, 9.17) is 42.4 Å². The van der Waals surface area contributed by atoms with Crippen LogP contribution in [0, 0.1) is 0 Å². The zero-order chi connectivity index (χ0) is 26.8. The van der Waals surface area contributed by atoms with Gasteiger partial charge in [-0.2, -0.15) is 0 Å². The maximum atomic E-state index is 11.9. The van der Waals surface area contributed by atoms with Crippen LogP contribution in [0.2, 0.25) is 10.0 Å². The number of carbonyl (C=O) groups is 1. The van der Waals surface area contributed by atoms with Crippen LogP contribution >= 0.6 is 23.2 Å². The number of amides is 1. The Labute approximate surface area is 229 Å². The smallest absolute Gasteiger partial charge is 0.243 e. The number of hydrogen-bond donors (Lipinski definition) is 2. The zero-order valence-electron chi connectivity index (χ0n) is 20.8. The highest BCUT2D eigenvalue weighted by atomic mass is 35.5. The first-order valence-electron chi connectivity index (χ1n) is 11.9. The van der Waals surface area contributed by atoms with Crippen LogP contribution < -0.4 is 25.0 Å². The molecule has 10 nitrogen and oxygen atoms in total. The molecule has 0 bridgehead atoms. The van der Waals surface area contributed by atoms with E-state index in [0.29, 0.717) is 70.7 Å². The van der Waals surface area contributed by atoms with Crippen molar-refractivity contribution in [3.8, 4) is 22.9 Å². The van der Waals surface area contributed by atoms with Gasteiger partial charge < -0.3 is 29.7 Å². The average molecular weight is 557 g/mol. The largest absolute Gasteiger partial charge is 0.495 e. The van der Waals surface area contributed by atoms with Gasteiger partial charge in [0.05, 0.1) is 50.8 Å². The van der Waals surface area contributed by atoms with E-state index in [9.17, 15) is 4.79 Å². The Hall–Kier alpha value is -3.60. The first-order valence-corrected chi connectivity index (χ1v) is 12.7. The van der Waals surface area contributed by atoms with Crippen LogP contribution in [0.15, 0.2) is 43.2 Å². The fraction of sp³-hybridized carbons (Fsp3) is 0.308. The molecule has 12 heteroatoms. The van der Waals surface area contributed by atoms with Crippen molar-refractivity contribution in [1.82, 2.24) is 20.3 Å². The molecule has 2 aromatic heterocycles. The summed E-state index contributed by atoms with van der Waals surface area (Å²) in [6.45, 7) is 4.87. The van der Waals surface area contributed by atoms with E-state index >= 15 is 0 Å². The van der Waals surface area contributed by atoms with Crippen molar-refractivity contribution in [2.45, 2.75) is 25.0 Å². The van der Waals surface area contributed by atoms with E-state index in [1.807, 2.05) is 17.0 Å². The van der Waals surface area contributed by atoms with Crippen LogP contribution in [0.25, 0.3) is 11.4 Å². The molecule has 1 fully saturated rings. The second kappa shape index (κ2) is 11.0. The molecule has 2 aliphatic rings. The summed E-state index contributed by atoms with van der Waals surface area (Å²) < 4.78 is 16.6. The van der Waals surface area contributed by atoms with Gasteiger partial charge in [-0.15, -0.1) is 0 Å². The lowest BCUT2D eigenvalue weighted by atomic mass is 10.0. The van der Waals surface area contributed by atoms with Gasteiger partial charge in [0.1, 0.15) is 32.9 Å². The van der Waals surface area contributed by atoms with E-state index in [1.54, 1.807) is 18.5 Å². The SMILES string of the molecule is C=CC(=O)N[C@H]1CCOC[C@H]1Nc1ncc2c(n1)-c1ncccc1N(c1c(Cl)c(OC)cc(OC)c1Cl)C2. The molecule has 4 heterocycles. The standard InChI is InChI=1S/C26H26Cl2N6O4/c1-4-20(35)31-15-7-9-38-13-16(15)32-26-30-11-14-12-34(17-6-5-8-29-24(17)23(14)33-26)25-21(27)18(36-2)10-19(37-3)22(25)28/h4-6,8,10-11,15-16H,1,7,9,12-13H2,2-3H3,(H,31,35)(H,30,32,33)/t15-,16+/m0/s1. The van der Waals surface area contributed by atoms with Gasteiger partial charge in [-0.1, -0.05) is 29.8 Å². The number of nitrogens with one attached hydrogen (secondary N) is 2. The molecule has 38 heavy (non-hydrogen) atoms. The molecule has 5 rings (SSSR count).